The van der Waals surface area contributed by atoms with Crippen molar-refractivity contribution in [3.05, 3.63) is 59.8 Å². The van der Waals surface area contributed by atoms with E-state index >= 15 is 0 Å². The van der Waals surface area contributed by atoms with Gasteiger partial charge in [-0.05, 0) is 37.6 Å². The maximum Gasteiger partial charge on any atom is 0.123 e. The summed E-state index contributed by atoms with van der Waals surface area (Å²) in [6.45, 7) is 5.70. The molecule has 108 valence electrons. The largest absolute Gasteiger partial charge is 0.508 e. The highest BCUT2D eigenvalue weighted by atomic mass is 16.5. The third kappa shape index (κ3) is 2.59. The maximum absolute atomic E-state index is 9.48. The van der Waals surface area contributed by atoms with Crippen LogP contribution in [0.25, 0.3) is 10.9 Å². The van der Waals surface area contributed by atoms with E-state index in [1.165, 1.54) is 22.0 Å². The minimum Gasteiger partial charge on any atom is -0.508 e. The molecular weight excluding hydrogens is 262 g/mol. The number of phenolic OH excluding ortho intramolecular Hbond substituents is 1. The Balaban J connectivity index is 1.94. The third-order valence-corrected chi connectivity index (χ3v) is 3.75. The first-order chi connectivity index (χ1) is 10.2. The van der Waals surface area contributed by atoms with Crippen molar-refractivity contribution < 1.29 is 9.84 Å². The van der Waals surface area contributed by atoms with Crippen LogP contribution in [0.1, 0.15) is 18.1 Å². The van der Waals surface area contributed by atoms with E-state index in [4.69, 9.17) is 4.74 Å². The normalized spacial score (nSPS) is 11.0. The third-order valence-electron chi connectivity index (χ3n) is 3.75. The summed E-state index contributed by atoms with van der Waals surface area (Å²) in [5.41, 5.74) is 3.68. The van der Waals surface area contributed by atoms with Crippen molar-refractivity contribution >= 4 is 10.9 Å². The van der Waals surface area contributed by atoms with Gasteiger partial charge in [0.05, 0.1) is 0 Å². The van der Waals surface area contributed by atoms with Gasteiger partial charge in [-0.1, -0.05) is 18.2 Å². The zero-order valence-electron chi connectivity index (χ0n) is 12.3. The molecule has 3 heteroatoms. The number of nitrogens with zero attached hydrogens (tertiary/aromatic N) is 1. The molecule has 1 heterocycles. The van der Waals surface area contributed by atoms with Gasteiger partial charge in [-0.15, -0.1) is 0 Å². The zero-order chi connectivity index (χ0) is 14.8. The van der Waals surface area contributed by atoms with Crippen LogP contribution in [0.3, 0.4) is 0 Å². The molecular formula is C18H19NO2. The van der Waals surface area contributed by atoms with Gasteiger partial charge in [-0.3, -0.25) is 0 Å². The highest BCUT2D eigenvalue weighted by Crippen LogP contribution is 2.27. The predicted octanol–water partition coefficient (Wildman–Crippen LogP) is 4.25. The van der Waals surface area contributed by atoms with Crippen molar-refractivity contribution in [2.24, 2.45) is 0 Å². The van der Waals surface area contributed by atoms with Crippen LogP contribution < -0.4 is 4.74 Å². The second-order valence-corrected chi connectivity index (χ2v) is 5.20. The topological polar surface area (TPSA) is 34.4 Å². The van der Waals surface area contributed by atoms with Crippen molar-refractivity contribution in [1.29, 1.82) is 0 Å². The van der Waals surface area contributed by atoms with E-state index in [2.05, 4.69) is 42.8 Å². The summed E-state index contributed by atoms with van der Waals surface area (Å²) in [6, 6.07) is 13.3. The first-order valence-electron chi connectivity index (χ1n) is 7.18. The molecule has 3 rings (SSSR count). The second kappa shape index (κ2) is 5.52. The lowest BCUT2D eigenvalue weighted by molar-refractivity contribution is 0.305. The van der Waals surface area contributed by atoms with Crippen molar-refractivity contribution in [3.8, 4) is 11.5 Å². The Morgan fingerprint density at radius 2 is 1.95 bits per heavy atom. The lowest BCUT2D eigenvalue weighted by atomic mass is 10.1. The Hall–Kier alpha value is -2.42. The van der Waals surface area contributed by atoms with Crippen LogP contribution in [-0.4, -0.2) is 9.67 Å². The number of ether oxygens (including phenoxy) is 1. The van der Waals surface area contributed by atoms with Gasteiger partial charge < -0.3 is 14.4 Å². The van der Waals surface area contributed by atoms with Crippen molar-refractivity contribution in [3.63, 3.8) is 0 Å². The van der Waals surface area contributed by atoms with Gasteiger partial charge in [-0.25, -0.2) is 0 Å². The van der Waals surface area contributed by atoms with Crippen LogP contribution in [0.2, 0.25) is 0 Å². The molecule has 0 aliphatic rings. The molecule has 3 nitrogen and oxygen atoms in total. The zero-order valence-corrected chi connectivity index (χ0v) is 12.3. The average molecular weight is 281 g/mol. The SMILES string of the molecule is CCn1cc(COc2cccc(O)c2)c2c(C)cccc21. The Kier molecular flexibility index (Phi) is 3.57. The smallest absolute Gasteiger partial charge is 0.123 e. The molecule has 0 spiro atoms. The van der Waals surface area contributed by atoms with Gasteiger partial charge in [0.25, 0.3) is 0 Å². The quantitative estimate of drug-likeness (QED) is 0.775. The standard InChI is InChI=1S/C18H19NO2/c1-3-19-11-14(18-13(2)6-4-9-17(18)19)12-21-16-8-5-7-15(20)10-16/h4-11,20H,3,12H2,1-2H3. The number of aromatic nitrogens is 1. The van der Waals surface area contributed by atoms with Crippen LogP contribution in [0.5, 0.6) is 11.5 Å². The lowest BCUT2D eigenvalue weighted by Crippen LogP contribution is -1.95. The minimum atomic E-state index is 0.222. The fourth-order valence-electron chi connectivity index (χ4n) is 2.74. The summed E-state index contributed by atoms with van der Waals surface area (Å²) < 4.78 is 8.06. The summed E-state index contributed by atoms with van der Waals surface area (Å²) in [4.78, 5) is 0. The van der Waals surface area contributed by atoms with Crippen molar-refractivity contribution in [1.82, 2.24) is 4.57 Å². The first-order valence-corrected chi connectivity index (χ1v) is 7.18. The van der Waals surface area contributed by atoms with E-state index < -0.39 is 0 Å². The van der Waals surface area contributed by atoms with Gasteiger partial charge >= 0.3 is 0 Å². The Morgan fingerprint density at radius 3 is 2.71 bits per heavy atom. The Morgan fingerprint density at radius 1 is 1.14 bits per heavy atom. The molecule has 0 atom stereocenters. The molecule has 0 saturated heterocycles. The van der Waals surface area contributed by atoms with E-state index in [0.717, 1.165) is 6.54 Å². The average Bonchev–Trinajstić information content (AvgIpc) is 2.85. The lowest BCUT2D eigenvalue weighted by Gasteiger charge is -2.06. The van der Waals surface area contributed by atoms with E-state index in [1.54, 1.807) is 18.2 Å². The van der Waals surface area contributed by atoms with E-state index in [1.807, 2.05) is 6.07 Å². The summed E-state index contributed by atoms with van der Waals surface area (Å²) in [6.07, 6.45) is 2.15. The van der Waals surface area contributed by atoms with Crippen molar-refractivity contribution in [2.45, 2.75) is 27.0 Å². The number of phenols is 1. The summed E-state index contributed by atoms with van der Waals surface area (Å²) in [7, 11) is 0. The van der Waals surface area contributed by atoms with E-state index in [0.29, 0.717) is 12.4 Å². The molecule has 0 aliphatic heterocycles. The molecule has 0 bridgehead atoms. The Bertz CT molecular complexity index is 774. The molecule has 1 aromatic heterocycles. The highest BCUT2D eigenvalue weighted by Gasteiger charge is 2.10. The fourth-order valence-corrected chi connectivity index (χ4v) is 2.74. The molecule has 3 aromatic rings. The summed E-state index contributed by atoms with van der Waals surface area (Å²) in [5.74, 6) is 0.903. The molecule has 0 unspecified atom stereocenters. The van der Waals surface area contributed by atoms with E-state index in [9.17, 15) is 5.11 Å². The summed E-state index contributed by atoms with van der Waals surface area (Å²) >= 11 is 0. The van der Waals surface area contributed by atoms with Gasteiger partial charge in [0.2, 0.25) is 0 Å². The number of fused-ring (bicyclic) bond motifs is 1. The first kappa shape index (κ1) is 13.6. The highest BCUT2D eigenvalue weighted by molar-refractivity contribution is 5.87. The van der Waals surface area contributed by atoms with Gasteiger partial charge in [0.1, 0.15) is 18.1 Å². The monoisotopic (exact) mass is 281 g/mol. The fraction of sp³-hybridized carbons (Fsp3) is 0.222. The molecule has 0 radical (unpaired) electrons. The van der Waals surface area contributed by atoms with Gasteiger partial charge in [0.15, 0.2) is 0 Å². The van der Waals surface area contributed by atoms with Crippen LogP contribution in [0.15, 0.2) is 48.7 Å². The number of hydrogen-bond acceptors (Lipinski definition) is 2. The molecule has 1 N–H and O–H groups in total. The van der Waals surface area contributed by atoms with Crippen LogP contribution in [0.4, 0.5) is 0 Å². The number of rotatable bonds is 4. The predicted molar refractivity (Wildman–Crippen MR) is 84.8 cm³/mol. The molecule has 2 aromatic carbocycles. The van der Waals surface area contributed by atoms with Crippen molar-refractivity contribution in [2.75, 3.05) is 0 Å². The van der Waals surface area contributed by atoms with Gasteiger partial charge in [0, 0.05) is 35.3 Å². The minimum absolute atomic E-state index is 0.222. The number of aryl methyl sites for hydroxylation is 2. The number of benzene rings is 2. The maximum atomic E-state index is 9.48. The Labute approximate surface area is 124 Å². The second-order valence-electron chi connectivity index (χ2n) is 5.20. The molecule has 0 aliphatic carbocycles. The van der Waals surface area contributed by atoms with Gasteiger partial charge in [-0.2, -0.15) is 0 Å². The number of aromatic hydroxyl groups is 1. The van der Waals surface area contributed by atoms with Crippen LogP contribution >= 0.6 is 0 Å². The summed E-state index contributed by atoms with van der Waals surface area (Å²) in [5, 5.41) is 10.7. The molecule has 0 amide bonds. The molecule has 0 saturated carbocycles. The number of hydrogen-bond donors (Lipinski definition) is 1. The van der Waals surface area contributed by atoms with Crippen LogP contribution in [-0.2, 0) is 13.2 Å². The van der Waals surface area contributed by atoms with E-state index in [-0.39, 0.29) is 5.75 Å². The molecule has 21 heavy (non-hydrogen) atoms. The van der Waals surface area contributed by atoms with Crippen LogP contribution in [0, 0.1) is 6.92 Å². The molecule has 0 fully saturated rings.